The van der Waals surface area contributed by atoms with Crippen LogP contribution < -0.4 is 14.5 Å². The van der Waals surface area contributed by atoms with E-state index in [2.05, 4.69) is 9.62 Å². The third-order valence-electron chi connectivity index (χ3n) is 5.21. The minimum atomic E-state index is -3.37. The van der Waals surface area contributed by atoms with Gasteiger partial charge in [0.15, 0.2) is 0 Å². The van der Waals surface area contributed by atoms with E-state index in [0.717, 1.165) is 30.6 Å². The monoisotopic (exact) mass is 415 g/mol. The molecule has 1 aromatic rings. The lowest BCUT2D eigenvalue weighted by Gasteiger charge is -2.36. The molecule has 3 aliphatic heterocycles. The fourth-order valence-electron chi connectivity index (χ4n) is 3.98. The van der Waals surface area contributed by atoms with Crippen LogP contribution >= 0.6 is 11.8 Å². The van der Waals surface area contributed by atoms with Crippen molar-refractivity contribution in [2.75, 3.05) is 40.7 Å². The Kier molecular flexibility index (Phi) is 4.98. The number of cyclic esters (lactones) is 1. The molecular weight excluding hydrogens is 393 g/mol. The number of benzene rings is 1. The van der Waals surface area contributed by atoms with Gasteiger partial charge in [-0.2, -0.15) is 11.8 Å². The first-order valence-electron chi connectivity index (χ1n) is 8.90. The van der Waals surface area contributed by atoms with Gasteiger partial charge in [0.05, 0.1) is 24.2 Å². The molecule has 27 heavy (non-hydrogen) atoms. The molecule has 0 unspecified atom stereocenters. The number of carbonyl (C=O) groups is 1. The van der Waals surface area contributed by atoms with E-state index in [1.165, 1.54) is 11.0 Å². The van der Waals surface area contributed by atoms with Crippen LogP contribution in [0.25, 0.3) is 0 Å². The molecule has 0 radical (unpaired) electrons. The summed E-state index contributed by atoms with van der Waals surface area (Å²) in [5.74, 6) is 1.69. The van der Waals surface area contributed by atoms with Crippen molar-refractivity contribution in [1.82, 2.24) is 4.72 Å². The zero-order chi connectivity index (χ0) is 19.2. The summed E-state index contributed by atoms with van der Waals surface area (Å²) >= 11 is 1.93. The van der Waals surface area contributed by atoms with Crippen LogP contribution in [0, 0.1) is 5.82 Å². The number of hydrogen-bond acceptors (Lipinski definition) is 6. The van der Waals surface area contributed by atoms with Crippen LogP contribution in [0.2, 0.25) is 0 Å². The smallest absolute Gasteiger partial charge is 0.414 e. The van der Waals surface area contributed by atoms with Gasteiger partial charge < -0.3 is 9.64 Å². The van der Waals surface area contributed by atoms with Crippen LogP contribution in [0.4, 0.5) is 20.6 Å². The molecule has 0 spiro atoms. The predicted octanol–water partition coefficient (Wildman–Crippen LogP) is 1.78. The number of nitrogens with one attached hydrogen (secondary N) is 1. The van der Waals surface area contributed by atoms with Crippen molar-refractivity contribution in [1.29, 1.82) is 0 Å². The van der Waals surface area contributed by atoms with E-state index in [9.17, 15) is 17.6 Å². The van der Waals surface area contributed by atoms with E-state index in [1.54, 1.807) is 12.1 Å². The van der Waals surface area contributed by atoms with Gasteiger partial charge in [0.25, 0.3) is 0 Å². The Labute approximate surface area is 162 Å². The van der Waals surface area contributed by atoms with Crippen LogP contribution in [-0.2, 0) is 14.8 Å². The Morgan fingerprint density at radius 3 is 2.63 bits per heavy atom. The first kappa shape index (κ1) is 18.8. The molecule has 7 nitrogen and oxygen atoms in total. The topological polar surface area (TPSA) is 79.0 Å². The second kappa shape index (κ2) is 7.14. The van der Waals surface area contributed by atoms with E-state index in [-0.39, 0.29) is 18.9 Å². The van der Waals surface area contributed by atoms with Crippen LogP contribution in [0.5, 0.6) is 0 Å². The molecular formula is C17H22FN3O4S2. The molecule has 0 aliphatic carbocycles. The van der Waals surface area contributed by atoms with Crippen LogP contribution in [0.1, 0.15) is 12.8 Å². The Hall–Kier alpha value is -1.52. The number of sulfonamides is 1. The predicted molar refractivity (Wildman–Crippen MR) is 103 cm³/mol. The zero-order valence-electron chi connectivity index (χ0n) is 14.9. The Morgan fingerprint density at radius 2 is 2.00 bits per heavy atom. The molecule has 1 amide bonds. The standard InChI is InChI=1S/C17H22FN3O4S2/c1-27(23,24)19-7-14-8-20(17(22)25-14)11-4-5-16(15(18)6-11)21-12-2-3-13(21)10-26-9-12/h4-6,12-14,19H,2-3,7-10H2,1H3/t12-,13+,14-/m0/s1. The molecule has 3 heterocycles. The van der Waals surface area contributed by atoms with E-state index in [4.69, 9.17) is 4.74 Å². The van der Waals surface area contributed by atoms with E-state index in [0.29, 0.717) is 23.5 Å². The molecule has 3 aliphatic rings. The molecule has 3 atom stereocenters. The maximum absolute atomic E-state index is 14.9. The molecule has 3 saturated heterocycles. The minimum Gasteiger partial charge on any atom is -0.443 e. The quantitative estimate of drug-likeness (QED) is 0.790. The van der Waals surface area contributed by atoms with Gasteiger partial charge in [-0.25, -0.2) is 22.3 Å². The molecule has 1 N–H and O–H groups in total. The zero-order valence-corrected chi connectivity index (χ0v) is 16.6. The van der Waals surface area contributed by atoms with Gasteiger partial charge in [-0.1, -0.05) is 0 Å². The summed E-state index contributed by atoms with van der Waals surface area (Å²) in [6.45, 7) is 0.169. The fourth-order valence-corrected chi connectivity index (χ4v) is 5.80. The Balaban J connectivity index is 1.49. The number of fused-ring (bicyclic) bond motifs is 2. The van der Waals surface area contributed by atoms with Gasteiger partial charge in [0, 0.05) is 30.1 Å². The van der Waals surface area contributed by atoms with Crippen molar-refractivity contribution in [2.24, 2.45) is 0 Å². The van der Waals surface area contributed by atoms with Crippen molar-refractivity contribution >= 4 is 39.3 Å². The maximum atomic E-state index is 14.9. The lowest BCUT2D eigenvalue weighted by Crippen LogP contribution is -2.43. The lowest BCUT2D eigenvalue weighted by molar-refractivity contribution is 0.143. The van der Waals surface area contributed by atoms with Crippen molar-refractivity contribution in [3.05, 3.63) is 24.0 Å². The second-order valence-electron chi connectivity index (χ2n) is 7.20. The first-order chi connectivity index (χ1) is 12.8. The number of ether oxygens (including phenoxy) is 1. The number of carbonyl (C=O) groups excluding carboxylic acids is 1. The molecule has 4 rings (SSSR count). The van der Waals surface area contributed by atoms with Crippen molar-refractivity contribution in [3.63, 3.8) is 0 Å². The summed E-state index contributed by atoms with van der Waals surface area (Å²) in [7, 11) is -3.37. The number of anilines is 2. The van der Waals surface area contributed by atoms with Gasteiger partial charge in [0.1, 0.15) is 11.9 Å². The summed E-state index contributed by atoms with van der Waals surface area (Å²) in [5, 5.41) is 0. The summed E-state index contributed by atoms with van der Waals surface area (Å²) in [6.07, 6.45) is 2.02. The van der Waals surface area contributed by atoms with E-state index < -0.39 is 22.2 Å². The van der Waals surface area contributed by atoms with Crippen molar-refractivity contribution in [3.8, 4) is 0 Å². The third kappa shape index (κ3) is 3.88. The Bertz CT molecular complexity index is 835. The molecule has 10 heteroatoms. The third-order valence-corrected chi connectivity index (χ3v) is 7.14. The number of thioether (sulfide) groups is 1. The molecule has 2 bridgehead atoms. The summed E-state index contributed by atoms with van der Waals surface area (Å²) < 4.78 is 44.8. The largest absolute Gasteiger partial charge is 0.443 e. The summed E-state index contributed by atoms with van der Waals surface area (Å²) in [6, 6.07) is 5.58. The van der Waals surface area contributed by atoms with Gasteiger partial charge in [-0.05, 0) is 31.0 Å². The van der Waals surface area contributed by atoms with Gasteiger partial charge in [-0.15, -0.1) is 0 Å². The number of nitrogens with zero attached hydrogens (tertiary/aromatic N) is 2. The normalized spacial score (nSPS) is 27.9. The van der Waals surface area contributed by atoms with Gasteiger partial charge in [-0.3, -0.25) is 4.90 Å². The summed E-state index contributed by atoms with van der Waals surface area (Å²) in [5.41, 5.74) is 1.01. The number of amides is 1. The first-order valence-corrected chi connectivity index (χ1v) is 11.9. The minimum absolute atomic E-state index is 0.00353. The van der Waals surface area contributed by atoms with E-state index >= 15 is 0 Å². The number of rotatable bonds is 5. The highest BCUT2D eigenvalue weighted by Gasteiger charge is 2.39. The second-order valence-corrected chi connectivity index (χ2v) is 10.1. The summed E-state index contributed by atoms with van der Waals surface area (Å²) in [4.78, 5) is 15.6. The molecule has 0 aromatic heterocycles. The molecule has 3 fully saturated rings. The van der Waals surface area contributed by atoms with Crippen molar-refractivity contribution < 1.29 is 22.3 Å². The maximum Gasteiger partial charge on any atom is 0.414 e. The molecule has 1 aromatic carbocycles. The molecule has 148 valence electrons. The van der Waals surface area contributed by atoms with Gasteiger partial charge in [0.2, 0.25) is 10.0 Å². The Morgan fingerprint density at radius 1 is 1.30 bits per heavy atom. The highest BCUT2D eigenvalue weighted by atomic mass is 32.2. The van der Waals surface area contributed by atoms with E-state index in [1.807, 2.05) is 11.8 Å². The highest BCUT2D eigenvalue weighted by Crippen LogP contribution is 2.40. The highest BCUT2D eigenvalue weighted by molar-refractivity contribution is 7.99. The number of halogens is 1. The van der Waals surface area contributed by atoms with Gasteiger partial charge >= 0.3 is 6.09 Å². The van der Waals surface area contributed by atoms with Crippen LogP contribution in [0.15, 0.2) is 18.2 Å². The van der Waals surface area contributed by atoms with Crippen LogP contribution in [0.3, 0.4) is 0 Å². The average Bonchev–Trinajstić information content (AvgIpc) is 3.08. The SMILES string of the molecule is CS(=O)(=O)NC[C@H]1CN(c2ccc(N3[C@@H]4CC[C@H]3CSC4)c(F)c2)C(=O)O1. The number of hydrogen-bond donors (Lipinski definition) is 1. The lowest BCUT2D eigenvalue weighted by atomic mass is 10.2. The molecule has 0 saturated carbocycles. The van der Waals surface area contributed by atoms with Crippen molar-refractivity contribution in [2.45, 2.75) is 31.0 Å². The fraction of sp³-hybridized carbons (Fsp3) is 0.588. The average molecular weight is 416 g/mol. The van der Waals surface area contributed by atoms with Crippen LogP contribution in [-0.4, -0.2) is 63.5 Å².